The van der Waals surface area contributed by atoms with Gasteiger partial charge in [0.25, 0.3) is 0 Å². The molecule has 0 saturated heterocycles. The van der Waals surface area contributed by atoms with Crippen molar-refractivity contribution < 1.29 is 24.2 Å². The number of amides is 2. The lowest BCUT2D eigenvalue weighted by Crippen LogP contribution is -2.43. The second kappa shape index (κ2) is 9.65. The van der Waals surface area contributed by atoms with Crippen LogP contribution >= 0.6 is 11.3 Å². The minimum atomic E-state index is -1.17. The average Bonchev–Trinajstić information content (AvgIpc) is 3.32. The van der Waals surface area contributed by atoms with E-state index in [1.807, 2.05) is 20.8 Å². The van der Waals surface area contributed by atoms with Crippen LogP contribution in [0, 0.1) is 0 Å². The minimum Gasteiger partial charge on any atom is -0.474 e. The third-order valence-corrected chi connectivity index (χ3v) is 7.86. The second-order valence-corrected chi connectivity index (χ2v) is 11.4. The molecule has 2 aliphatic carbocycles. The summed E-state index contributed by atoms with van der Waals surface area (Å²) in [5.41, 5.74) is 5.86. The number of carbonyl (C=O) groups excluding carboxylic acids is 2. The Labute approximate surface area is 203 Å². The molecule has 34 heavy (non-hydrogen) atoms. The molecular formula is C24H34N4O5S. The lowest BCUT2D eigenvalue weighted by atomic mass is 9.92. The summed E-state index contributed by atoms with van der Waals surface area (Å²) in [7, 11) is 1.79. The zero-order valence-corrected chi connectivity index (χ0v) is 21.1. The highest BCUT2D eigenvalue weighted by atomic mass is 32.1. The minimum absolute atomic E-state index is 0.00648. The van der Waals surface area contributed by atoms with Gasteiger partial charge < -0.3 is 25.2 Å². The molecule has 2 amide bonds. The normalized spacial score (nSPS) is 23.4. The van der Waals surface area contributed by atoms with Gasteiger partial charge in [0.05, 0.1) is 5.39 Å². The fourth-order valence-electron chi connectivity index (χ4n) is 4.94. The van der Waals surface area contributed by atoms with E-state index >= 15 is 0 Å². The summed E-state index contributed by atoms with van der Waals surface area (Å²) in [6, 6.07) is 0.116. The molecule has 0 aromatic carbocycles. The molecule has 0 bridgehead atoms. The largest absolute Gasteiger partial charge is 0.474 e. The third kappa shape index (κ3) is 5.27. The first-order valence-corrected chi connectivity index (χ1v) is 12.7. The topological polar surface area (TPSA) is 128 Å². The van der Waals surface area contributed by atoms with Crippen molar-refractivity contribution in [1.29, 1.82) is 0 Å². The number of carbonyl (C=O) groups is 2. The van der Waals surface area contributed by atoms with Crippen LogP contribution in [0.25, 0.3) is 10.2 Å². The first-order valence-electron chi connectivity index (χ1n) is 11.9. The van der Waals surface area contributed by atoms with E-state index in [1.165, 1.54) is 11.2 Å². The summed E-state index contributed by atoms with van der Waals surface area (Å²) >= 11 is 1.63. The first-order chi connectivity index (χ1) is 16.0. The number of ether oxygens (including phenoxy) is 2. The van der Waals surface area contributed by atoms with Gasteiger partial charge in [0, 0.05) is 18.0 Å². The molecule has 3 N–H and O–H groups in total. The van der Waals surface area contributed by atoms with E-state index < -0.39 is 17.6 Å². The van der Waals surface area contributed by atoms with Gasteiger partial charge in [-0.2, -0.15) is 0 Å². The van der Waals surface area contributed by atoms with Crippen LogP contribution in [0.1, 0.15) is 75.7 Å². The maximum atomic E-state index is 12.4. The molecule has 186 valence electrons. The Morgan fingerprint density at radius 1 is 1.24 bits per heavy atom. The van der Waals surface area contributed by atoms with Crippen LogP contribution in [-0.4, -0.2) is 62.9 Å². The maximum absolute atomic E-state index is 12.4. The van der Waals surface area contributed by atoms with Crippen molar-refractivity contribution in [2.75, 3.05) is 7.05 Å². The van der Waals surface area contributed by atoms with Crippen LogP contribution in [0.15, 0.2) is 6.33 Å². The van der Waals surface area contributed by atoms with Crippen molar-refractivity contribution in [3.05, 3.63) is 16.8 Å². The van der Waals surface area contributed by atoms with Crippen molar-refractivity contribution in [2.24, 2.45) is 5.73 Å². The molecule has 1 saturated carbocycles. The molecule has 2 heterocycles. The fraction of sp³-hybridized carbons (Fsp3) is 0.667. The molecule has 2 atom stereocenters. The standard InChI is InChI=1S/C24H34N4O5S/c1-24(2,3)33-23(31)28(4)14-6-8-15(9-7-14)32-21-19-18-13(11-16(29)20(25)30)5-10-17(18)34-22(19)27-12-26-21/h12-16,29H,5-11H2,1-4H3,(H2,25,30)/t13-,14-,15-,16+/m1/s1. The number of nitrogens with two attached hydrogens (primary N) is 1. The molecule has 4 rings (SSSR count). The second-order valence-electron chi connectivity index (χ2n) is 10.3. The Morgan fingerprint density at radius 2 is 1.94 bits per heavy atom. The molecule has 0 spiro atoms. The molecule has 1 fully saturated rings. The van der Waals surface area contributed by atoms with Crippen LogP contribution < -0.4 is 10.5 Å². The van der Waals surface area contributed by atoms with E-state index in [0.29, 0.717) is 12.3 Å². The van der Waals surface area contributed by atoms with Gasteiger partial charge in [-0.25, -0.2) is 14.8 Å². The van der Waals surface area contributed by atoms with Crippen LogP contribution in [0.3, 0.4) is 0 Å². The molecule has 0 aliphatic heterocycles. The van der Waals surface area contributed by atoms with E-state index in [2.05, 4.69) is 9.97 Å². The monoisotopic (exact) mass is 490 g/mol. The van der Waals surface area contributed by atoms with Crippen molar-refractivity contribution in [1.82, 2.24) is 14.9 Å². The smallest absolute Gasteiger partial charge is 0.410 e. The van der Waals surface area contributed by atoms with Crippen LogP contribution in [0.4, 0.5) is 4.79 Å². The van der Waals surface area contributed by atoms with E-state index in [-0.39, 0.29) is 24.2 Å². The zero-order valence-electron chi connectivity index (χ0n) is 20.2. The van der Waals surface area contributed by atoms with E-state index in [1.54, 1.807) is 23.3 Å². The molecule has 2 aromatic rings. The maximum Gasteiger partial charge on any atom is 0.410 e. The molecule has 2 aromatic heterocycles. The molecule has 9 nitrogen and oxygen atoms in total. The van der Waals surface area contributed by atoms with Crippen LogP contribution in [0.2, 0.25) is 0 Å². The predicted octanol–water partition coefficient (Wildman–Crippen LogP) is 3.51. The first kappa shape index (κ1) is 24.7. The summed E-state index contributed by atoms with van der Waals surface area (Å²) in [6.45, 7) is 5.60. The highest BCUT2D eigenvalue weighted by Gasteiger charge is 2.34. The number of primary amides is 1. The van der Waals surface area contributed by atoms with Gasteiger partial charge >= 0.3 is 6.09 Å². The number of aliphatic hydroxyl groups is 1. The Kier molecular flexibility index (Phi) is 7.00. The molecule has 10 heteroatoms. The highest BCUT2D eigenvalue weighted by Crippen LogP contribution is 2.47. The number of fused-ring (bicyclic) bond motifs is 3. The zero-order chi connectivity index (χ0) is 24.6. The summed E-state index contributed by atoms with van der Waals surface area (Å²) in [4.78, 5) is 36.5. The number of thiophene rings is 1. The lowest BCUT2D eigenvalue weighted by molar-refractivity contribution is -0.126. The molecule has 2 aliphatic rings. The summed E-state index contributed by atoms with van der Waals surface area (Å²) in [5.74, 6) is -0.112. The van der Waals surface area contributed by atoms with Gasteiger partial charge in [0.1, 0.15) is 29.0 Å². The van der Waals surface area contributed by atoms with E-state index in [0.717, 1.165) is 54.3 Å². The number of aryl methyl sites for hydroxylation is 1. The number of rotatable bonds is 6. The van der Waals surface area contributed by atoms with Crippen molar-refractivity contribution >= 4 is 33.6 Å². The van der Waals surface area contributed by atoms with E-state index in [4.69, 9.17) is 15.2 Å². The van der Waals surface area contributed by atoms with Crippen LogP contribution in [0.5, 0.6) is 5.88 Å². The lowest BCUT2D eigenvalue weighted by Gasteiger charge is -2.35. The van der Waals surface area contributed by atoms with Gasteiger partial charge in [-0.05, 0) is 77.2 Å². The number of hydrogen-bond acceptors (Lipinski definition) is 8. The summed E-state index contributed by atoms with van der Waals surface area (Å²) in [6.07, 6.45) is 5.35. The van der Waals surface area contributed by atoms with Gasteiger partial charge in [0.2, 0.25) is 11.8 Å². The SMILES string of the molecule is CN(C(=O)OC(C)(C)C)[C@H]1CC[C@H](Oc2ncnc3sc4c(c23)[C@@H](C[C@H](O)C(N)=O)CC4)CC1. The number of aromatic nitrogens is 2. The van der Waals surface area contributed by atoms with Crippen LogP contribution in [-0.2, 0) is 16.0 Å². The summed E-state index contributed by atoms with van der Waals surface area (Å²) < 4.78 is 11.9. The van der Waals surface area contributed by atoms with Crippen molar-refractivity contribution in [3.63, 3.8) is 0 Å². The number of nitrogens with zero attached hydrogens (tertiary/aromatic N) is 3. The van der Waals surface area contributed by atoms with Gasteiger partial charge in [0.15, 0.2) is 0 Å². The van der Waals surface area contributed by atoms with Crippen molar-refractivity contribution in [2.45, 2.75) is 95.5 Å². The van der Waals surface area contributed by atoms with Gasteiger partial charge in [-0.1, -0.05) is 0 Å². The third-order valence-electron chi connectivity index (χ3n) is 6.68. The Balaban J connectivity index is 1.45. The van der Waals surface area contributed by atoms with Gasteiger partial charge in [-0.3, -0.25) is 4.79 Å². The highest BCUT2D eigenvalue weighted by molar-refractivity contribution is 7.19. The summed E-state index contributed by atoms with van der Waals surface area (Å²) in [5, 5.41) is 11.0. The number of aliphatic hydroxyl groups excluding tert-OH is 1. The Hall–Kier alpha value is -2.46. The molecular weight excluding hydrogens is 456 g/mol. The predicted molar refractivity (Wildman–Crippen MR) is 129 cm³/mol. The molecule has 0 unspecified atom stereocenters. The molecule has 0 radical (unpaired) electrons. The van der Waals surface area contributed by atoms with E-state index in [9.17, 15) is 14.7 Å². The van der Waals surface area contributed by atoms with Crippen molar-refractivity contribution in [3.8, 4) is 5.88 Å². The Bertz CT molecular complexity index is 1060. The quantitative estimate of drug-likeness (QED) is 0.634. The average molecular weight is 491 g/mol. The fourth-order valence-corrected chi connectivity index (χ4v) is 6.17. The number of hydrogen-bond donors (Lipinski definition) is 2. The van der Waals surface area contributed by atoms with Gasteiger partial charge in [-0.15, -0.1) is 11.3 Å². The Morgan fingerprint density at radius 3 is 2.59 bits per heavy atom.